The summed E-state index contributed by atoms with van der Waals surface area (Å²) < 4.78 is 0. The zero-order valence-corrected chi connectivity index (χ0v) is 24.1. The molecule has 0 radical (unpaired) electrons. The highest BCUT2D eigenvalue weighted by Crippen LogP contribution is 2.38. The zero-order chi connectivity index (χ0) is 28.6. The molecule has 3 aromatic rings. The molecule has 6 nitrogen and oxygen atoms in total. The third kappa shape index (κ3) is 7.24. The van der Waals surface area contributed by atoms with E-state index in [0.29, 0.717) is 18.4 Å². The summed E-state index contributed by atoms with van der Waals surface area (Å²) in [6.07, 6.45) is 3.31. The Balaban J connectivity index is 1.22. The second-order valence-corrected chi connectivity index (χ2v) is 11.6. The molecule has 5 rings (SSSR count). The lowest BCUT2D eigenvalue weighted by Gasteiger charge is -2.39. The number of carboxylic acid groups (broad SMARTS) is 1. The van der Waals surface area contributed by atoms with Crippen LogP contribution in [0.2, 0.25) is 0 Å². The highest BCUT2D eigenvalue weighted by atomic mass is 16.4. The SMILES string of the molecule is CCN(C(=O)CCc1ccccc1)C1CCN(CC2CN(C(C(=O)O)c3ccccc3)CC2c2ccccc2)CC1. The number of hydrogen-bond acceptors (Lipinski definition) is 4. The molecule has 3 unspecified atom stereocenters. The Bertz CT molecular complexity index is 1250. The van der Waals surface area contributed by atoms with Crippen molar-refractivity contribution in [3.05, 3.63) is 108 Å². The summed E-state index contributed by atoms with van der Waals surface area (Å²) in [6.45, 7) is 7.20. The average molecular weight is 554 g/mol. The number of aryl methyl sites for hydroxylation is 1. The summed E-state index contributed by atoms with van der Waals surface area (Å²) in [6, 6.07) is 30.1. The van der Waals surface area contributed by atoms with Gasteiger partial charge >= 0.3 is 5.97 Å². The van der Waals surface area contributed by atoms with Crippen molar-refractivity contribution in [1.29, 1.82) is 0 Å². The molecule has 2 aliphatic rings. The van der Waals surface area contributed by atoms with E-state index >= 15 is 0 Å². The van der Waals surface area contributed by atoms with Gasteiger partial charge in [-0.3, -0.25) is 14.5 Å². The fraction of sp³-hybridized carbons (Fsp3) is 0.429. The van der Waals surface area contributed by atoms with Crippen molar-refractivity contribution >= 4 is 11.9 Å². The Kier molecular flexibility index (Phi) is 9.86. The van der Waals surface area contributed by atoms with Crippen LogP contribution in [0.25, 0.3) is 0 Å². The number of piperidine rings is 1. The van der Waals surface area contributed by atoms with Crippen LogP contribution in [-0.2, 0) is 16.0 Å². The lowest BCUT2D eigenvalue weighted by Crippen LogP contribution is -2.48. The van der Waals surface area contributed by atoms with Crippen molar-refractivity contribution in [2.24, 2.45) is 5.92 Å². The Morgan fingerprint density at radius 1 is 0.878 bits per heavy atom. The molecule has 2 heterocycles. The lowest BCUT2D eigenvalue weighted by atomic mass is 9.88. The fourth-order valence-electron chi connectivity index (χ4n) is 6.95. The van der Waals surface area contributed by atoms with E-state index in [1.807, 2.05) is 54.6 Å². The van der Waals surface area contributed by atoms with Crippen LogP contribution in [0.3, 0.4) is 0 Å². The van der Waals surface area contributed by atoms with E-state index in [2.05, 4.69) is 58.0 Å². The standard InChI is InChI=1S/C35H43N3O3/c1-2-38(33(39)19-18-27-12-6-3-7-13-27)31-20-22-36(23-21-31)24-30-25-37(26-32(30)28-14-8-4-9-15-28)34(35(40)41)29-16-10-5-11-17-29/h3-17,30-32,34H,2,18-26H2,1H3,(H,40,41). The van der Waals surface area contributed by atoms with Crippen LogP contribution in [-0.4, -0.2) is 77.0 Å². The number of carbonyl (C=O) groups is 2. The number of nitrogens with zero attached hydrogens (tertiary/aromatic N) is 3. The van der Waals surface area contributed by atoms with E-state index in [-0.39, 0.29) is 11.8 Å². The second-order valence-electron chi connectivity index (χ2n) is 11.6. The molecule has 41 heavy (non-hydrogen) atoms. The van der Waals surface area contributed by atoms with Gasteiger partial charge in [-0.25, -0.2) is 0 Å². The number of carboxylic acids is 1. The van der Waals surface area contributed by atoms with Crippen molar-refractivity contribution in [2.45, 2.75) is 50.6 Å². The number of hydrogen-bond donors (Lipinski definition) is 1. The minimum absolute atomic E-state index is 0.256. The molecule has 0 saturated carbocycles. The first kappa shape index (κ1) is 29.0. The highest BCUT2D eigenvalue weighted by molar-refractivity contribution is 5.77. The van der Waals surface area contributed by atoms with Crippen LogP contribution >= 0.6 is 0 Å². The number of rotatable bonds is 11. The van der Waals surface area contributed by atoms with Crippen LogP contribution in [0.5, 0.6) is 0 Å². The predicted molar refractivity (Wildman–Crippen MR) is 163 cm³/mol. The number of carbonyl (C=O) groups excluding carboxylic acids is 1. The van der Waals surface area contributed by atoms with Gasteiger partial charge in [0.1, 0.15) is 6.04 Å². The maximum absolute atomic E-state index is 13.1. The van der Waals surface area contributed by atoms with Crippen molar-refractivity contribution in [2.75, 3.05) is 39.3 Å². The first-order valence-electron chi connectivity index (χ1n) is 15.2. The second kappa shape index (κ2) is 13.9. The molecule has 3 atom stereocenters. The number of benzene rings is 3. The molecule has 216 valence electrons. The van der Waals surface area contributed by atoms with Crippen molar-refractivity contribution in [3.63, 3.8) is 0 Å². The minimum Gasteiger partial charge on any atom is -0.480 e. The van der Waals surface area contributed by atoms with Crippen molar-refractivity contribution in [3.8, 4) is 0 Å². The third-order valence-electron chi connectivity index (χ3n) is 9.03. The zero-order valence-electron chi connectivity index (χ0n) is 24.1. The van der Waals surface area contributed by atoms with Gasteiger partial charge in [-0.05, 0) is 48.8 Å². The first-order chi connectivity index (χ1) is 20.0. The maximum atomic E-state index is 13.1. The topological polar surface area (TPSA) is 64.1 Å². The molecule has 0 aromatic heterocycles. The van der Waals surface area contributed by atoms with Gasteiger partial charge in [-0.15, -0.1) is 0 Å². The van der Waals surface area contributed by atoms with Gasteiger partial charge in [-0.1, -0.05) is 91.0 Å². The number of likely N-dealkylation sites (tertiary alicyclic amines) is 2. The Hall–Kier alpha value is -3.48. The van der Waals surface area contributed by atoms with Gasteiger partial charge in [0, 0.05) is 57.6 Å². The highest BCUT2D eigenvalue weighted by Gasteiger charge is 2.41. The predicted octanol–water partition coefficient (Wildman–Crippen LogP) is 5.47. The Morgan fingerprint density at radius 3 is 2.10 bits per heavy atom. The third-order valence-corrected chi connectivity index (χ3v) is 9.03. The smallest absolute Gasteiger partial charge is 0.325 e. The summed E-state index contributed by atoms with van der Waals surface area (Å²) >= 11 is 0. The normalized spacial score (nSPS) is 21.0. The molecule has 1 N–H and O–H groups in total. The Morgan fingerprint density at radius 2 is 1.49 bits per heavy atom. The van der Waals surface area contributed by atoms with E-state index in [1.54, 1.807) is 0 Å². The van der Waals surface area contributed by atoms with Gasteiger partial charge in [0.15, 0.2) is 0 Å². The monoisotopic (exact) mass is 553 g/mol. The fourth-order valence-corrected chi connectivity index (χ4v) is 6.95. The molecule has 0 bridgehead atoms. The van der Waals surface area contributed by atoms with Crippen LogP contribution in [0, 0.1) is 5.92 Å². The molecule has 1 amide bonds. The molecule has 6 heteroatoms. The first-order valence-corrected chi connectivity index (χ1v) is 15.2. The van der Waals surface area contributed by atoms with E-state index in [9.17, 15) is 14.7 Å². The average Bonchev–Trinajstić information content (AvgIpc) is 3.41. The molecule has 2 saturated heterocycles. The summed E-state index contributed by atoms with van der Waals surface area (Å²) in [4.78, 5) is 32.4. The van der Waals surface area contributed by atoms with E-state index in [4.69, 9.17) is 0 Å². The van der Waals surface area contributed by atoms with Gasteiger partial charge in [0.05, 0.1) is 0 Å². The molecule has 2 fully saturated rings. The molecule has 0 aliphatic carbocycles. The summed E-state index contributed by atoms with van der Waals surface area (Å²) in [5, 5.41) is 10.2. The lowest BCUT2D eigenvalue weighted by molar-refractivity contribution is -0.143. The van der Waals surface area contributed by atoms with Crippen LogP contribution in [0.4, 0.5) is 0 Å². The number of aliphatic carboxylic acids is 1. The molecule has 3 aromatic carbocycles. The van der Waals surface area contributed by atoms with Gasteiger partial charge < -0.3 is 14.9 Å². The van der Waals surface area contributed by atoms with Gasteiger partial charge in [-0.2, -0.15) is 0 Å². The molecular formula is C35H43N3O3. The van der Waals surface area contributed by atoms with Gasteiger partial charge in [0.25, 0.3) is 0 Å². The van der Waals surface area contributed by atoms with Crippen LogP contribution in [0.1, 0.15) is 54.8 Å². The molecular weight excluding hydrogens is 510 g/mol. The number of amides is 1. The minimum atomic E-state index is -0.791. The quantitative estimate of drug-likeness (QED) is 0.341. The Labute approximate surface area is 244 Å². The van der Waals surface area contributed by atoms with E-state index in [0.717, 1.165) is 64.1 Å². The van der Waals surface area contributed by atoms with Crippen LogP contribution < -0.4 is 0 Å². The maximum Gasteiger partial charge on any atom is 0.325 e. The van der Waals surface area contributed by atoms with E-state index < -0.39 is 12.0 Å². The van der Waals surface area contributed by atoms with E-state index in [1.165, 1.54) is 11.1 Å². The summed E-state index contributed by atoms with van der Waals surface area (Å²) in [5.74, 6) is 0.0903. The van der Waals surface area contributed by atoms with Gasteiger partial charge in [0.2, 0.25) is 5.91 Å². The van der Waals surface area contributed by atoms with Crippen molar-refractivity contribution < 1.29 is 14.7 Å². The van der Waals surface area contributed by atoms with Crippen LogP contribution in [0.15, 0.2) is 91.0 Å². The summed E-state index contributed by atoms with van der Waals surface area (Å²) in [5.41, 5.74) is 3.33. The van der Waals surface area contributed by atoms with Crippen molar-refractivity contribution in [1.82, 2.24) is 14.7 Å². The largest absolute Gasteiger partial charge is 0.480 e. The molecule has 0 spiro atoms. The molecule has 2 aliphatic heterocycles. The summed E-state index contributed by atoms with van der Waals surface area (Å²) in [7, 11) is 0.